The third-order valence-electron chi connectivity index (χ3n) is 4.00. The Morgan fingerprint density at radius 3 is 2.52 bits per heavy atom. The number of hydrazine groups is 1. The van der Waals surface area contributed by atoms with Crippen molar-refractivity contribution in [2.24, 2.45) is 0 Å². The van der Waals surface area contributed by atoms with Gasteiger partial charge < -0.3 is 15.0 Å². The van der Waals surface area contributed by atoms with Crippen molar-refractivity contribution in [3.63, 3.8) is 0 Å². The molecule has 2 atom stereocenters. The van der Waals surface area contributed by atoms with Crippen LogP contribution in [0, 0.1) is 5.82 Å². The van der Waals surface area contributed by atoms with E-state index in [1.807, 2.05) is 0 Å². The van der Waals surface area contributed by atoms with Gasteiger partial charge in [-0.3, -0.25) is 15.6 Å². The van der Waals surface area contributed by atoms with E-state index < -0.39 is 0 Å². The summed E-state index contributed by atoms with van der Waals surface area (Å²) in [6.07, 6.45) is 0.869. The maximum absolute atomic E-state index is 12.8. The quantitative estimate of drug-likeness (QED) is 0.431. The molecule has 1 aliphatic heterocycles. The van der Waals surface area contributed by atoms with Crippen molar-refractivity contribution in [3.8, 4) is 0 Å². The molecule has 0 unspecified atom stereocenters. The van der Waals surface area contributed by atoms with Crippen molar-refractivity contribution in [3.05, 3.63) is 35.6 Å². The summed E-state index contributed by atoms with van der Waals surface area (Å²) in [5.74, 6) is -0.381. The summed E-state index contributed by atoms with van der Waals surface area (Å²) in [5.41, 5.74) is 6.17. The van der Waals surface area contributed by atoms with Crippen LogP contribution < -0.4 is 21.1 Å². The summed E-state index contributed by atoms with van der Waals surface area (Å²) in [6, 6.07) is 6.14. The number of rotatable bonds is 5. The fraction of sp³-hybridized carbons (Fsp3) is 0.529. The molecule has 25 heavy (non-hydrogen) atoms. The number of morpholine rings is 1. The van der Waals surface area contributed by atoms with Crippen LogP contribution in [0.15, 0.2) is 24.3 Å². The van der Waals surface area contributed by atoms with Gasteiger partial charge in [0.2, 0.25) is 5.91 Å². The minimum atomic E-state index is -0.275. The molecule has 6 nitrogen and oxygen atoms in total. The molecule has 1 aromatic carbocycles. The van der Waals surface area contributed by atoms with E-state index >= 15 is 0 Å². The lowest BCUT2D eigenvalue weighted by molar-refractivity contribution is -0.914. The average Bonchev–Trinajstić information content (AvgIpc) is 2.57. The number of ether oxygens (including phenoxy) is 1. The summed E-state index contributed by atoms with van der Waals surface area (Å²) in [6.45, 7) is 7.17. The van der Waals surface area contributed by atoms with Gasteiger partial charge in [0.15, 0.2) is 5.11 Å². The highest BCUT2D eigenvalue weighted by molar-refractivity contribution is 7.80. The van der Waals surface area contributed by atoms with E-state index in [-0.39, 0.29) is 23.9 Å². The van der Waals surface area contributed by atoms with Crippen molar-refractivity contribution in [2.75, 3.05) is 19.6 Å². The molecule has 1 aliphatic rings. The molecule has 2 rings (SSSR count). The van der Waals surface area contributed by atoms with Gasteiger partial charge in [-0.05, 0) is 43.8 Å². The smallest absolute Gasteiger partial charge is 0.244 e. The molecule has 8 heteroatoms. The van der Waals surface area contributed by atoms with Crippen LogP contribution in [0.1, 0.15) is 25.8 Å². The second-order valence-electron chi connectivity index (χ2n) is 6.40. The predicted molar refractivity (Wildman–Crippen MR) is 97.3 cm³/mol. The highest BCUT2D eigenvalue weighted by Gasteiger charge is 2.25. The highest BCUT2D eigenvalue weighted by Crippen LogP contribution is 2.01. The Morgan fingerprint density at radius 2 is 1.88 bits per heavy atom. The number of nitrogens with one attached hydrogen (secondary N) is 4. The van der Waals surface area contributed by atoms with Crippen LogP contribution in [0.5, 0.6) is 0 Å². The van der Waals surface area contributed by atoms with Crippen LogP contribution >= 0.6 is 12.2 Å². The minimum Gasteiger partial charge on any atom is -0.364 e. The normalized spacial score (nSPS) is 22.9. The number of thiocarbonyl (C=S) groups is 1. The van der Waals surface area contributed by atoms with Gasteiger partial charge in [-0.15, -0.1) is 0 Å². The van der Waals surface area contributed by atoms with Gasteiger partial charge in [0.1, 0.15) is 31.1 Å². The molecule has 0 saturated carbocycles. The fourth-order valence-electron chi connectivity index (χ4n) is 2.90. The van der Waals surface area contributed by atoms with Crippen molar-refractivity contribution in [1.82, 2.24) is 16.2 Å². The molecule has 0 spiro atoms. The van der Waals surface area contributed by atoms with Gasteiger partial charge >= 0.3 is 0 Å². The molecular weight excluding hydrogens is 343 g/mol. The average molecular weight is 369 g/mol. The van der Waals surface area contributed by atoms with E-state index in [9.17, 15) is 9.18 Å². The molecule has 0 aliphatic carbocycles. The Morgan fingerprint density at radius 1 is 1.24 bits per heavy atom. The van der Waals surface area contributed by atoms with Crippen molar-refractivity contribution in [2.45, 2.75) is 39.0 Å². The van der Waals surface area contributed by atoms with E-state index in [1.54, 1.807) is 12.1 Å². The number of hydrogen-bond acceptors (Lipinski definition) is 3. The van der Waals surface area contributed by atoms with Gasteiger partial charge in [0.05, 0.1) is 13.0 Å². The first kappa shape index (κ1) is 19.6. The maximum Gasteiger partial charge on any atom is 0.244 e. The molecule has 4 N–H and O–H groups in total. The Hall–Kier alpha value is -1.77. The minimum absolute atomic E-state index is 0.106. The predicted octanol–water partition coefficient (Wildman–Crippen LogP) is -0.0968. The van der Waals surface area contributed by atoms with Crippen LogP contribution in [-0.2, 0) is 16.1 Å². The fourth-order valence-corrected chi connectivity index (χ4v) is 3.02. The molecule has 1 heterocycles. The lowest BCUT2D eigenvalue weighted by Crippen LogP contribution is -3.15. The number of benzene rings is 1. The van der Waals surface area contributed by atoms with Crippen LogP contribution in [0.25, 0.3) is 0 Å². The third kappa shape index (κ3) is 7.33. The van der Waals surface area contributed by atoms with Gasteiger partial charge in [-0.2, -0.15) is 0 Å². The number of amides is 1. The summed E-state index contributed by atoms with van der Waals surface area (Å²) in [7, 11) is 0. The summed E-state index contributed by atoms with van der Waals surface area (Å²) >= 11 is 5.10. The van der Waals surface area contributed by atoms with E-state index in [4.69, 9.17) is 17.0 Å². The molecule has 1 saturated heterocycles. The highest BCUT2D eigenvalue weighted by atomic mass is 32.1. The van der Waals surface area contributed by atoms with Crippen molar-refractivity contribution >= 4 is 23.2 Å². The lowest BCUT2D eigenvalue weighted by Gasteiger charge is -2.32. The van der Waals surface area contributed by atoms with Gasteiger partial charge in [-0.1, -0.05) is 12.1 Å². The zero-order chi connectivity index (χ0) is 18.2. The first-order valence-corrected chi connectivity index (χ1v) is 8.89. The van der Waals surface area contributed by atoms with Gasteiger partial charge in [0, 0.05) is 6.54 Å². The zero-order valence-corrected chi connectivity index (χ0v) is 15.4. The van der Waals surface area contributed by atoms with E-state index in [1.165, 1.54) is 17.0 Å². The standard InChI is InChI=1S/C17H25FN4O2S/c1-12-10-22(11-13(2)24-12)8-7-16(23)20-21-17(25)19-9-14-3-5-15(18)6-4-14/h3-6,12-13H,7-11H2,1-2H3,(H,20,23)(H2,19,21,25)/p+1/t12-,13-/m0/s1. The first-order chi connectivity index (χ1) is 11.9. The monoisotopic (exact) mass is 369 g/mol. The molecule has 1 fully saturated rings. The Balaban J connectivity index is 1.60. The zero-order valence-electron chi connectivity index (χ0n) is 14.6. The lowest BCUT2D eigenvalue weighted by atomic mass is 10.2. The van der Waals surface area contributed by atoms with Crippen molar-refractivity contribution in [1.29, 1.82) is 0 Å². The largest absolute Gasteiger partial charge is 0.364 e. The van der Waals surface area contributed by atoms with E-state index in [2.05, 4.69) is 30.0 Å². The van der Waals surface area contributed by atoms with E-state index in [0.717, 1.165) is 25.2 Å². The molecule has 0 bridgehead atoms. The summed E-state index contributed by atoms with van der Waals surface area (Å²) in [4.78, 5) is 13.3. The summed E-state index contributed by atoms with van der Waals surface area (Å²) in [5, 5.41) is 3.27. The SMILES string of the molecule is C[C@H]1C[NH+](CCC(=O)NNC(=S)NCc2ccc(F)cc2)C[C@H](C)O1. The topological polar surface area (TPSA) is 66.8 Å². The number of carbonyl (C=O) groups excluding carboxylic acids is 1. The van der Waals surface area contributed by atoms with Crippen LogP contribution in [0.4, 0.5) is 4.39 Å². The third-order valence-corrected chi connectivity index (χ3v) is 4.25. The number of carbonyl (C=O) groups is 1. The van der Waals surface area contributed by atoms with Gasteiger partial charge in [0.25, 0.3) is 0 Å². The number of hydrogen-bond donors (Lipinski definition) is 4. The molecule has 1 aromatic rings. The molecule has 138 valence electrons. The molecule has 0 aromatic heterocycles. The molecular formula is C17H26FN4O2S+. The second kappa shape index (κ2) is 9.65. The van der Waals surface area contributed by atoms with Crippen LogP contribution in [0.3, 0.4) is 0 Å². The van der Waals surface area contributed by atoms with Crippen molar-refractivity contribution < 1.29 is 18.8 Å². The second-order valence-corrected chi connectivity index (χ2v) is 6.81. The van der Waals surface area contributed by atoms with E-state index in [0.29, 0.717) is 18.1 Å². The first-order valence-electron chi connectivity index (χ1n) is 8.48. The summed E-state index contributed by atoms with van der Waals surface area (Å²) < 4.78 is 18.5. The maximum atomic E-state index is 12.8. The van der Waals surface area contributed by atoms with Crippen LogP contribution in [-0.4, -0.2) is 42.9 Å². The Bertz CT molecular complexity index is 575. The number of halogens is 1. The van der Waals surface area contributed by atoms with Gasteiger partial charge in [-0.25, -0.2) is 4.39 Å². The molecule has 0 radical (unpaired) electrons. The van der Waals surface area contributed by atoms with Crippen LogP contribution in [0.2, 0.25) is 0 Å². The molecule has 1 amide bonds. The Labute approximate surface area is 153 Å². The Kier molecular flexibility index (Phi) is 7.54. The number of quaternary nitrogens is 1.